The van der Waals surface area contributed by atoms with E-state index in [2.05, 4.69) is 0 Å². The Kier molecular flexibility index (Phi) is 7.46. The van der Waals surface area contributed by atoms with E-state index in [9.17, 15) is 26.4 Å². The van der Waals surface area contributed by atoms with E-state index in [-0.39, 0.29) is 23.5 Å². The van der Waals surface area contributed by atoms with Crippen LogP contribution in [0.1, 0.15) is 44.1 Å². The Labute approximate surface area is 162 Å². The van der Waals surface area contributed by atoms with E-state index in [0.717, 1.165) is 24.3 Å². The predicted molar refractivity (Wildman–Crippen MR) is 95.3 cm³/mol. The highest BCUT2D eigenvalue weighted by atomic mass is 32.2. The van der Waals surface area contributed by atoms with E-state index in [1.54, 1.807) is 0 Å². The third-order valence-electron chi connectivity index (χ3n) is 4.91. The van der Waals surface area contributed by atoms with Crippen LogP contribution in [-0.4, -0.2) is 49.6 Å². The molecule has 0 heterocycles. The molecular weight excluding hydrogens is 399 g/mol. The quantitative estimate of drug-likeness (QED) is 0.647. The Balaban J connectivity index is 1.91. The first-order valence-electron chi connectivity index (χ1n) is 9.00. The van der Waals surface area contributed by atoms with Gasteiger partial charge in [-0.25, -0.2) is 8.42 Å². The largest absolute Gasteiger partial charge is 0.481 e. The molecule has 10 heteroatoms. The van der Waals surface area contributed by atoms with Gasteiger partial charge in [0.1, 0.15) is 0 Å². The third kappa shape index (κ3) is 5.92. The summed E-state index contributed by atoms with van der Waals surface area (Å²) in [6, 6.07) is 3.23. The van der Waals surface area contributed by atoms with Gasteiger partial charge < -0.3 is 9.84 Å². The zero-order valence-electron chi connectivity index (χ0n) is 15.5. The molecule has 1 fully saturated rings. The van der Waals surface area contributed by atoms with Gasteiger partial charge in [-0.1, -0.05) is 0 Å². The number of alkyl halides is 3. The molecular formula is C18H24F3NO5S. The summed E-state index contributed by atoms with van der Waals surface area (Å²) in [7, 11) is -2.45. The van der Waals surface area contributed by atoms with Crippen LogP contribution in [0.4, 0.5) is 13.2 Å². The van der Waals surface area contributed by atoms with Crippen molar-refractivity contribution in [3.8, 4) is 0 Å². The van der Waals surface area contributed by atoms with E-state index in [4.69, 9.17) is 9.84 Å². The van der Waals surface area contributed by atoms with Crippen molar-refractivity contribution >= 4 is 16.0 Å². The molecule has 0 radical (unpaired) electrons. The maximum atomic E-state index is 12.7. The topological polar surface area (TPSA) is 83.9 Å². The lowest BCUT2D eigenvalue weighted by atomic mass is 9.93. The van der Waals surface area contributed by atoms with Crippen LogP contribution in [-0.2, 0) is 25.7 Å². The fourth-order valence-corrected chi connectivity index (χ4v) is 4.64. The summed E-state index contributed by atoms with van der Waals surface area (Å²) >= 11 is 0. The number of sulfonamides is 1. The standard InChI is InChI=1S/C18H24F3NO5S/c1-22(14-6-8-15(9-7-14)27-12-2-3-17(23)24)28(25,26)16-10-4-13(5-11-16)18(19,20)21/h4-5,10-11,14-15H,2-3,6-9,12H2,1H3,(H,23,24). The second-order valence-corrected chi connectivity index (χ2v) is 8.84. The Morgan fingerprint density at radius 3 is 2.25 bits per heavy atom. The number of halogens is 3. The Morgan fingerprint density at radius 1 is 1.18 bits per heavy atom. The summed E-state index contributed by atoms with van der Waals surface area (Å²) in [5.74, 6) is -0.873. The zero-order chi connectivity index (χ0) is 20.9. The highest BCUT2D eigenvalue weighted by molar-refractivity contribution is 7.89. The molecule has 0 atom stereocenters. The van der Waals surface area contributed by atoms with Crippen molar-refractivity contribution in [2.24, 2.45) is 0 Å². The summed E-state index contributed by atoms with van der Waals surface area (Å²) in [5, 5.41) is 8.60. The zero-order valence-corrected chi connectivity index (χ0v) is 16.3. The summed E-state index contributed by atoms with van der Waals surface area (Å²) < 4.78 is 70.2. The van der Waals surface area contributed by atoms with Gasteiger partial charge in [0.05, 0.1) is 16.6 Å². The van der Waals surface area contributed by atoms with Crippen LogP contribution < -0.4 is 0 Å². The van der Waals surface area contributed by atoms with Gasteiger partial charge >= 0.3 is 12.1 Å². The van der Waals surface area contributed by atoms with Gasteiger partial charge in [0.25, 0.3) is 0 Å². The normalized spacial score (nSPS) is 21.0. The molecule has 0 spiro atoms. The first-order chi connectivity index (χ1) is 13.0. The Bertz CT molecular complexity index is 756. The molecule has 6 nitrogen and oxygen atoms in total. The molecule has 1 saturated carbocycles. The van der Waals surface area contributed by atoms with E-state index in [1.165, 1.54) is 11.4 Å². The first-order valence-corrected chi connectivity index (χ1v) is 10.4. The molecule has 0 saturated heterocycles. The third-order valence-corrected chi connectivity index (χ3v) is 6.83. The second-order valence-electron chi connectivity index (χ2n) is 6.84. The molecule has 0 aromatic heterocycles. The van der Waals surface area contributed by atoms with Gasteiger partial charge in [-0.05, 0) is 56.4 Å². The van der Waals surface area contributed by atoms with Gasteiger partial charge in [0.15, 0.2) is 0 Å². The van der Waals surface area contributed by atoms with Gasteiger partial charge in [-0.3, -0.25) is 4.79 Å². The fraction of sp³-hybridized carbons (Fsp3) is 0.611. The summed E-state index contributed by atoms with van der Waals surface area (Å²) in [6.07, 6.45) is -1.65. The lowest BCUT2D eigenvalue weighted by molar-refractivity contribution is -0.138. The molecule has 1 aliphatic rings. The smallest absolute Gasteiger partial charge is 0.416 e. The summed E-state index contributed by atoms with van der Waals surface area (Å²) in [4.78, 5) is 10.3. The monoisotopic (exact) mass is 423 g/mol. The molecule has 2 rings (SSSR count). The molecule has 1 aromatic carbocycles. The van der Waals surface area contributed by atoms with Crippen LogP contribution in [0.3, 0.4) is 0 Å². The van der Waals surface area contributed by atoms with Crippen LogP contribution >= 0.6 is 0 Å². The van der Waals surface area contributed by atoms with E-state index in [1.807, 2.05) is 0 Å². The molecule has 1 aliphatic carbocycles. The first kappa shape index (κ1) is 22.6. The number of benzene rings is 1. The summed E-state index contributed by atoms with van der Waals surface area (Å²) in [5.41, 5.74) is -0.894. The number of nitrogens with zero attached hydrogens (tertiary/aromatic N) is 1. The number of carboxylic acid groups (broad SMARTS) is 1. The molecule has 1 aromatic rings. The Hall–Kier alpha value is -1.65. The molecule has 28 heavy (non-hydrogen) atoms. The van der Waals surface area contributed by atoms with E-state index < -0.39 is 27.7 Å². The average molecular weight is 423 g/mol. The lowest BCUT2D eigenvalue weighted by Crippen LogP contribution is -2.40. The highest BCUT2D eigenvalue weighted by Crippen LogP contribution is 2.32. The number of carboxylic acids is 1. The number of ether oxygens (including phenoxy) is 1. The number of aliphatic carboxylic acids is 1. The Morgan fingerprint density at radius 2 is 1.75 bits per heavy atom. The number of rotatable bonds is 8. The van der Waals surface area contributed by atoms with Crippen LogP contribution in [0.5, 0.6) is 0 Å². The lowest BCUT2D eigenvalue weighted by Gasteiger charge is -2.34. The molecule has 0 unspecified atom stereocenters. The van der Waals surface area contributed by atoms with Gasteiger partial charge in [0, 0.05) is 26.1 Å². The minimum atomic E-state index is -4.52. The van der Waals surface area contributed by atoms with Crippen molar-refractivity contribution < 1.29 is 36.2 Å². The van der Waals surface area contributed by atoms with Gasteiger partial charge in [-0.15, -0.1) is 0 Å². The van der Waals surface area contributed by atoms with Crippen molar-refractivity contribution in [3.05, 3.63) is 29.8 Å². The van der Waals surface area contributed by atoms with E-state index >= 15 is 0 Å². The fourth-order valence-electron chi connectivity index (χ4n) is 3.23. The molecule has 0 bridgehead atoms. The maximum Gasteiger partial charge on any atom is 0.416 e. The molecule has 0 amide bonds. The van der Waals surface area contributed by atoms with Crippen molar-refractivity contribution in [2.45, 2.75) is 61.7 Å². The van der Waals surface area contributed by atoms with Crippen molar-refractivity contribution in [3.63, 3.8) is 0 Å². The number of hydrogen-bond acceptors (Lipinski definition) is 4. The van der Waals surface area contributed by atoms with Gasteiger partial charge in [-0.2, -0.15) is 17.5 Å². The minimum absolute atomic E-state index is 0.0350. The maximum absolute atomic E-state index is 12.7. The van der Waals surface area contributed by atoms with Crippen LogP contribution in [0, 0.1) is 0 Å². The number of hydrogen-bond donors (Lipinski definition) is 1. The molecule has 1 N–H and O–H groups in total. The molecule has 0 aliphatic heterocycles. The van der Waals surface area contributed by atoms with Crippen LogP contribution in [0.25, 0.3) is 0 Å². The number of carbonyl (C=O) groups is 1. The highest BCUT2D eigenvalue weighted by Gasteiger charge is 2.34. The van der Waals surface area contributed by atoms with Crippen molar-refractivity contribution in [1.29, 1.82) is 0 Å². The van der Waals surface area contributed by atoms with Crippen LogP contribution in [0.2, 0.25) is 0 Å². The summed E-state index contributed by atoms with van der Waals surface area (Å²) in [6.45, 7) is 0.349. The van der Waals surface area contributed by atoms with Crippen molar-refractivity contribution in [1.82, 2.24) is 4.31 Å². The van der Waals surface area contributed by atoms with E-state index in [0.29, 0.717) is 38.7 Å². The molecule has 158 valence electrons. The SMILES string of the molecule is CN(C1CCC(OCCCC(=O)O)CC1)S(=O)(=O)c1ccc(C(F)(F)F)cc1. The average Bonchev–Trinajstić information content (AvgIpc) is 2.64. The van der Waals surface area contributed by atoms with Crippen molar-refractivity contribution in [2.75, 3.05) is 13.7 Å². The van der Waals surface area contributed by atoms with Crippen LogP contribution in [0.15, 0.2) is 29.2 Å². The second kappa shape index (κ2) is 9.23. The van der Waals surface area contributed by atoms with Gasteiger partial charge in [0.2, 0.25) is 10.0 Å². The minimum Gasteiger partial charge on any atom is -0.481 e. The predicted octanol–water partition coefficient (Wildman–Crippen LogP) is 3.52.